The molecule has 2 saturated heterocycles. The van der Waals surface area contributed by atoms with E-state index < -0.39 is 32.6 Å². The Hall–Kier alpha value is -3.86. The molecule has 47 heavy (non-hydrogen) atoms. The second-order valence-electron chi connectivity index (χ2n) is 13.0. The third-order valence-corrected chi connectivity index (χ3v) is 11.9. The molecular weight excluding hydrogens is 667 g/mol. The average Bonchev–Trinajstić information content (AvgIpc) is 3.69. The topological polar surface area (TPSA) is 163 Å². The predicted octanol–water partition coefficient (Wildman–Crippen LogP) is 2.58. The van der Waals surface area contributed by atoms with Crippen LogP contribution in [0.15, 0.2) is 36.4 Å². The van der Waals surface area contributed by atoms with Crippen molar-refractivity contribution in [3.05, 3.63) is 42.1 Å². The molecule has 254 valence electrons. The Bertz CT molecular complexity index is 1440. The average molecular weight is 713 g/mol. The Kier molecular flexibility index (Phi) is 11.6. The van der Waals surface area contributed by atoms with E-state index in [0.29, 0.717) is 51.0 Å². The number of amides is 4. The van der Waals surface area contributed by atoms with Crippen molar-refractivity contribution in [2.75, 3.05) is 26.2 Å². The molecule has 0 spiro atoms. The predicted molar refractivity (Wildman–Crippen MR) is 175 cm³/mol. The molecule has 5 rings (SSSR count). The standard InChI is InChI=1S/C33H45AsN6O7/c1-21(2)18-25(32(44)38-16-13-23(14-17-38)36-33(45)46)34-30(42)26-19-29(40(37-26)24-10-4-3-5-11-24)47-20-28(41)39-15-7-12-27(39)31(43)35-22-8-6-9-22/h3-5,10-11,19,21-23,25,27,34,36H,6-9,12-18,20H2,1-2H3,(H,35,43)(H,45,46). The van der Waals surface area contributed by atoms with Gasteiger partial charge in [0.2, 0.25) is 0 Å². The minimum absolute atomic E-state index is 0.0631. The maximum atomic E-state index is 13.7. The molecule has 13 nitrogen and oxygen atoms in total. The van der Waals surface area contributed by atoms with Crippen molar-refractivity contribution in [1.29, 1.82) is 0 Å². The molecule has 3 heterocycles. The first-order valence-corrected chi connectivity index (χ1v) is 18.8. The fourth-order valence-corrected chi connectivity index (χ4v) is 9.41. The fourth-order valence-electron chi connectivity index (χ4n) is 6.30. The summed E-state index contributed by atoms with van der Waals surface area (Å²) in [6, 6.07) is 10.2. The number of rotatable bonds is 13. The van der Waals surface area contributed by atoms with E-state index in [1.54, 1.807) is 9.80 Å². The van der Waals surface area contributed by atoms with Gasteiger partial charge in [0.05, 0.1) is 0 Å². The maximum absolute atomic E-state index is 13.7. The van der Waals surface area contributed by atoms with Crippen LogP contribution in [0.25, 0.3) is 5.69 Å². The van der Waals surface area contributed by atoms with Crippen LogP contribution in [0.1, 0.15) is 75.7 Å². The van der Waals surface area contributed by atoms with E-state index in [1.165, 1.54) is 10.7 Å². The van der Waals surface area contributed by atoms with Crippen LogP contribution in [0.4, 0.5) is 4.79 Å². The molecule has 3 N–H and O–H groups in total. The SMILES string of the molecule is CC(C)CC([AsH]C(=O)c1cc(OCC(=O)N2CCCC2C(=O)NC2CCC2)n(-c2ccccc2)n1)C(=O)N1CCC(NC(=O)O)CC1. The number of hydrogen-bond acceptors (Lipinski definition) is 7. The van der Waals surface area contributed by atoms with Crippen molar-refractivity contribution in [3.63, 3.8) is 0 Å². The van der Waals surface area contributed by atoms with E-state index in [-0.39, 0.29) is 58.5 Å². The first kappa shape index (κ1) is 34.5. The Morgan fingerprint density at radius 3 is 2.30 bits per heavy atom. The Labute approximate surface area is 281 Å². The van der Waals surface area contributed by atoms with Gasteiger partial charge in [0.1, 0.15) is 0 Å². The van der Waals surface area contributed by atoms with E-state index in [9.17, 15) is 24.0 Å². The van der Waals surface area contributed by atoms with Gasteiger partial charge in [-0.05, 0) is 19.3 Å². The third-order valence-electron chi connectivity index (χ3n) is 9.03. The van der Waals surface area contributed by atoms with Gasteiger partial charge in [-0.3, -0.25) is 0 Å². The molecule has 1 aliphatic carbocycles. The number of para-hydroxylation sites is 1. The van der Waals surface area contributed by atoms with Gasteiger partial charge in [-0.2, -0.15) is 0 Å². The van der Waals surface area contributed by atoms with Crippen LogP contribution in [0.5, 0.6) is 5.88 Å². The molecule has 3 unspecified atom stereocenters. The summed E-state index contributed by atoms with van der Waals surface area (Å²) < 4.78 is 6.88. The first-order valence-electron chi connectivity index (χ1n) is 16.6. The number of nitrogens with zero attached hydrogens (tertiary/aromatic N) is 4. The van der Waals surface area contributed by atoms with Gasteiger partial charge in [-0.1, -0.05) is 0 Å². The van der Waals surface area contributed by atoms with Crippen molar-refractivity contribution in [2.24, 2.45) is 5.92 Å². The molecule has 0 bridgehead atoms. The Balaban J connectivity index is 1.27. The van der Waals surface area contributed by atoms with Crippen molar-refractivity contribution < 1.29 is 33.8 Å². The summed E-state index contributed by atoms with van der Waals surface area (Å²) >= 11 is -1.49. The normalized spacial score (nSPS) is 19.5. The van der Waals surface area contributed by atoms with Crippen LogP contribution in [0, 0.1) is 5.92 Å². The number of carbonyl (C=O) groups is 5. The summed E-state index contributed by atoms with van der Waals surface area (Å²) in [5, 5.41) is 19.2. The number of benzene rings is 1. The zero-order chi connectivity index (χ0) is 33.5. The number of carbonyl (C=O) groups excluding carboxylic acids is 4. The van der Waals surface area contributed by atoms with Gasteiger partial charge in [0.15, 0.2) is 0 Å². The molecule has 1 aromatic heterocycles. The molecule has 2 aliphatic heterocycles. The van der Waals surface area contributed by atoms with Gasteiger partial charge in [-0.25, -0.2) is 0 Å². The second-order valence-corrected chi connectivity index (χ2v) is 16.0. The molecule has 2 aromatic rings. The summed E-state index contributed by atoms with van der Waals surface area (Å²) in [6.45, 7) is 5.10. The number of aromatic nitrogens is 2. The van der Waals surface area contributed by atoms with Crippen LogP contribution >= 0.6 is 0 Å². The van der Waals surface area contributed by atoms with E-state index in [4.69, 9.17) is 9.84 Å². The van der Waals surface area contributed by atoms with Crippen LogP contribution < -0.4 is 15.4 Å². The van der Waals surface area contributed by atoms with Crippen molar-refractivity contribution >= 4 is 44.1 Å². The monoisotopic (exact) mass is 712 g/mol. The molecule has 14 heteroatoms. The van der Waals surface area contributed by atoms with Crippen LogP contribution in [0.3, 0.4) is 0 Å². The minimum atomic E-state index is -1.49. The molecule has 3 fully saturated rings. The fraction of sp³-hybridized carbons (Fsp3) is 0.576. The molecule has 3 atom stereocenters. The number of ether oxygens (including phenoxy) is 1. The molecule has 1 aromatic carbocycles. The summed E-state index contributed by atoms with van der Waals surface area (Å²) in [5.41, 5.74) is 0.835. The number of hydrogen-bond donors (Lipinski definition) is 3. The van der Waals surface area contributed by atoms with E-state index >= 15 is 0 Å². The molecular formula is C33H45AsN6O7. The summed E-state index contributed by atoms with van der Waals surface area (Å²) in [5.74, 6) is -0.0492. The van der Waals surface area contributed by atoms with Gasteiger partial charge < -0.3 is 0 Å². The van der Waals surface area contributed by atoms with Gasteiger partial charge >= 0.3 is 263 Å². The molecule has 4 amide bonds. The summed E-state index contributed by atoms with van der Waals surface area (Å²) in [7, 11) is 0. The molecule has 3 aliphatic rings. The molecule has 1 saturated carbocycles. The Morgan fingerprint density at radius 2 is 1.66 bits per heavy atom. The van der Waals surface area contributed by atoms with E-state index in [2.05, 4.69) is 15.7 Å². The molecule has 0 radical (unpaired) electrons. The third kappa shape index (κ3) is 8.94. The summed E-state index contributed by atoms with van der Waals surface area (Å²) in [6.07, 6.45) is 4.97. The van der Waals surface area contributed by atoms with Crippen LogP contribution in [-0.4, -0.2) is 113 Å². The van der Waals surface area contributed by atoms with Gasteiger partial charge in [-0.15, -0.1) is 0 Å². The van der Waals surface area contributed by atoms with Crippen LogP contribution in [-0.2, 0) is 14.4 Å². The van der Waals surface area contributed by atoms with E-state index in [1.807, 2.05) is 44.2 Å². The summed E-state index contributed by atoms with van der Waals surface area (Å²) in [4.78, 5) is 67.9. The number of likely N-dealkylation sites (tertiary alicyclic amines) is 2. The van der Waals surface area contributed by atoms with Crippen molar-refractivity contribution in [2.45, 2.75) is 88.0 Å². The van der Waals surface area contributed by atoms with Crippen LogP contribution in [0.2, 0.25) is 4.71 Å². The van der Waals surface area contributed by atoms with Crippen molar-refractivity contribution in [3.8, 4) is 11.6 Å². The number of nitrogens with one attached hydrogen (secondary N) is 2. The quantitative estimate of drug-likeness (QED) is 0.267. The second kappa shape index (κ2) is 15.8. The first-order chi connectivity index (χ1) is 22.6. The van der Waals surface area contributed by atoms with Crippen molar-refractivity contribution in [1.82, 2.24) is 30.2 Å². The van der Waals surface area contributed by atoms with Gasteiger partial charge in [0, 0.05) is 0 Å². The van der Waals surface area contributed by atoms with Gasteiger partial charge in [0.25, 0.3) is 0 Å². The number of carboxylic acid groups (broad SMARTS) is 1. The Morgan fingerprint density at radius 1 is 0.957 bits per heavy atom. The van der Waals surface area contributed by atoms with E-state index in [0.717, 1.165) is 25.7 Å². The zero-order valence-electron chi connectivity index (χ0n) is 27.0. The number of piperidine rings is 1. The zero-order valence-corrected chi connectivity index (χ0v) is 29.1.